The molecule has 3 rings (SSSR count). The molecule has 0 radical (unpaired) electrons. The van der Waals surface area contributed by atoms with Gasteiger partial charge in [-0.1, -0.05) is 6.07 Å². The summed E-state index contributed by atoms with van der Waals surface area (Å²) in [5.41, 5.74) is 3.87. The Kier molecular flexibility index (Phi) is 3.97. The molecule has 1 saturated heterocycles. The van der Waals surface area contributed by atoms with Gasteiger partial charge in [0.05, 0.1) is 0 Å². The van der Waals surface area contributed by atoms with Crippen LogP contribution in [-0.2, 0) is 17.6 Å². The van der Waals surface area contributed by atoms with Crippen LogP contribution >= 0.6 is 0 Å². The second kappa shape index (κ2) is 5.90. The van der Waals surface area contributed by atoms with Crippen molar-refractivity contribution in [1.82, 2.24) is 15.2 Å². The molecule has 4 heteroatoms. The second-order valence-electron chi connectivity index (χ2n) is 6.25. The van der Waals surface area contributed by atoms with E-state index in [4.69, 9.17) is 0 Å². The van der Waals surface area contributed by atoms with Crippen LogP contribution in [0.25, 0.3) is 10.9 Å². The molecule has 2 aromatic rings. The van der Waals surface area contributed by atoms with E-state index in [2.05, 4.69) is 53.7 Å². The number of H-pyrrole nitrogens is 1. The van der Waals surface area contributed by atoms with Crippen molar-refractivity contribution in [3.63, 3.8) is 0 Å². The fraction of sp³-hybridized carbons (Fsp3) is 0.471. The smallest absolute Gasteiger partial charge is 0.220 e. The normalized spacial score (nSPS) is 18.6. The Morgan fingerprint density at radius 1 is 1.33 bits per heavy atom. The van der Waals surface area contributed by atoms with Crippen LogP contribution < -0.4 is 5.32 Å². The molecule has 0 bridgehead atoms. The summed E-state index contributed by atoms with van der Waals surface area (Å²) in [5.74, 6) is 0.189. The highest BCUT2D eigenvalue weighted by Gasteiger charge is 2.20. The fourth-order valence-corrected chi connectivity index (χ4v) is 3.02. The number of aromatic nitrogens is 1. The molecule has 1 aliphatic rings. The van der Waals surface area contributed by atoms with Crippen molar-refractivity contribution in [2.75, 3.05) is 20.6 Å². The van der Waals surface area contributed by atoms with Gasteiger partial charge in [-0.15, -0.1) is 0 Å². The first-order valence-electron chi connectivity index (χ1n) is 7.65. The zero-order chi connectivity index (χ0) is 14.8. The summed E-state index contributed by atoms with van der Waals surface area (Å²) in [7, 11) is 4.20. The van der Waals surface area contributed by atoms with Crippen LogP contribution in [0, 0.1) is 0 Å². The third-order valence-electron chi connectivity index (χ3n) is 4.23. The van der Waals surface area contributed by atoms with Crippen molar-refractivity contribution in [3.05, 3.63) is 35.5 Å². The molecule has 0 saturated carbocycles. The van der Waals surface area contributed by atoms with Crippen LogP contribution in [0.1, 0.15) is 24.0 Å². The highest BCUT2D eigenvalue weighted by Crippen LogP contribution is 2.22. The first-order valence-corrected chi connectivity index (χ1v) is 7.65. The molecular weight excluding hydrogens is 262 g/mol. The lowest BCUT2D eigenvalue weighted by atomic mass is 10.0. The third-order valence-corrected chi connectivity index (χ3v) is 4.23. The summed E-state index contributed by atoms with van der Waals surface area (Å²) in [6, 6.07) is 6.90. The van der Waals surface area contributed by atoms with Crippen molar-refractivity contribution in [1.29, 1.82) is 0 Å². The van der Waals surface area contributed by atoms with Crippen molar-refractivity contribution in [2.24, 2.45) is 0 Å². The lowest BCUT2D eigenvalue weighted by Crippen LogP contribution is -2.27. The van der Waals surface area contributed by atoms with Crippen molar-refractivity contribution in [3.8, 4) is 0 Å². The Morgan fingerprint density at radius 2 is 2.19 bits per heavy atom. The van der Waals surface area contributed by atoms with Gasteiger partial charge in [0, 0.05) is 36.1 Å². The number of carbonyl (C=O) groups is 1. The number of fused-ring (bicyclic) bond motifs is 1. The summed E-state index contributed by atoms with van der Waals surface area (Å²) < 4.78 is 0. The van der Waals surface area contributed by atoms with Crippen LogP contribution in [0.2, 0.25) is 0 Å². The molecule has 112 valence electrons. The predicted octanol–water partition coefficient (Wildman–Crippen LogP) is 2.09. The highest BCUT2D eigenvalue weighted by molar-refractivity contribution is 5.84. The Balaban J connectivity index is 1.77. The molecule has 1 amide bonds. The van der Waals surface area contributed by atoms with E-state index in [1.807, 2.05) is 0 Å². The van der Waals surface area contributed by atoms with Crippen LogP contribution in [-0.4, -0.2) is 42.5 Å². The van der Waals surface area contributed by atoms with Crippen molar-refractivity contribution >= 4 is 16.8 Å². The van der Waals surface area contributed by atoms with Crippen LogP contribution in [0.15, 0.2) is 24.4 Å². The number of nitrogens with one attached hydrogen (secondary N) is 2. The van der Waals surface area contributed by atoms with Gasteiger partial charge in [-0.05, 0) is 56.6 Å². The molecule has 1 unspecified atom stereocenters. The number of carbonyl (C=O) groups excluding carboxylic acids is 1. The van der Waals surface area contributed by atoms with E-state index in [-0.39, 0.29) is 5.91 Å². The molecule has 0 aliphatic carbocycles. The lowest BCUT2D eigenvalue weighted by Gasteiger charge is -2.11. The van der Waals surface area contributed by atoms with Gasteiger partial charge in [0.1, 0.15) is 0 Å². The topological polar surface area (TPSA) is 48.1 Å². The molecule has 2 heterocycles. The summed E-state index contributed by atoms with van der Waals surface area (Å²) in [6.07, 6.45) is 5.73. The Morgan fingerprint density at radius 3 is 2.90 bits per heavy atom. The minimum atomic E-state index is 0.189. The van der Waals surface area contributed by atoms with E-state index in [0.717, 1.165) is 25.8 Å². The van der Waals surface area contributed by atoms with Gasteiger partial charge < -0.3 is 15.2 Å². The number of aromatic amines is 1. The van der Waals surface area contributed by atoms with Crippen molar-refractivity contribution < 1.29 is 4.79 Å². The fourth-order valence-electron chi connectivity index (χ4n) is 3.02. The highest BCUT2D eigenvalue weighted by atomic mass is 16.1. The van der Waals surface area contributed by atoms with Gasteiger partial charge in [-0.3, -0.25) is 4.79 Å². The van der Waals surface area contributed by atoms with Crippen LogP contribution in [0.3, 0.4) is 0 Å². The van der Waals surface area contributed by atoms with Gasteiger partial charge >= 0.3 is 0 Å². The SMILES string of the molecule is CN(C)CCc1c[nH]c2ccc(CC3CCC(=O)N3)cc12. The van der Waals surface area contributed by atoms with E-state index in [0.29, 0.717) is 12.5 Å². The monoisotopic (exact) mass is 285 g/mol. The maximum absolute atomic E-state index is 11.3. The van der Waals surface area contributed by atoms with E-state index in [1.54, 1.807) is 0 Å². The summed E-state index contributed by atoms with van der Waals surface area (Å²) in [4.78, 5) is 16.9. The Bertz CT molecular complexity index is 645. The average molecular weight is 285 g/mol. The number of hydrogen-bond acceptors (Lipinski definition) is 2. The van der Waals surface area contributed by atoms with E-state index >= 15 is 0 Å². The molecule has 4 nitrogen and oxygen atoms in total. The molecule has 1 aromatic heterocycles. The number of amides is 1. The zero-order valence-corrected chi connectivity index (χ0v) is 12.8. The summed E-state index contributed by atoms with van der Waals surface area (Å²) >= 11 is 0. The average Bonchev–Trinajstić information content (AvgIpc) is 3.03. The molecule has 2 N–H and O–H groups in total. The first-order chi connectivity index (χ1) is 10.1. The van der Waals surface area contributed by atoms with Gasteiger partial charge in [0.15, 0.2) is 0 Å². The number of rotatable bonds is 5. The minimum absolute atomic E-state index is 0.189. The maximum Gasteiger partial charge on any atom is 0.220 e. The quantitative estimate of drug-likeness (QED) is 0.884. The molecule has 21 heavy (non-hydrogen) atoms. The van der Waals surface area contributed by atoms with Crippen molar-refractivity contribution in [2.45, 2.75) is 31.7 Å². The molecule has 1 aliphatic heterocycles. The third kappa shape index (κ3) is 3.27. The van der Waals surface area contributed by atoms with Crippen LogP contribution in [0.4, 0.5) is 0 Å². The predicted molar refractivity (Wildman–Crippen MR) is 85.4 cm³/mol. The molecular formula is C17H23N3O. The second-order valence-corrected chi connectivity index (χ2v) is 6.25. The van der Waals surface area contributed by atoms with Gasteiger partial charge in [-0.2, -0.15) is 0 Å². The first kappa shape index (κ1) is 14.1. The van der Waals surface area contributed by atoms with Gasteiger partial charge in [-0.25, -0.2) is 0 Å². The Hall–Kier alpha value is -1.81. The van der Waals surface area contributed by atoms with E-state index in [9.17, 15) is 4.79 Å². The van der Waals surface area contributed by atoms with E-state index < -0.39 is 0 Å². The summed E-state index contributed by atoms with van der Waals surface area (Å²) in [5, 5.41) is 4.36. The molecule has 1 aromatic carbocycles. The number of hydrogen-bond donors (Lipinski definition) is 2. The van der Waals surface area contributed by atoms with Crippen LogP contribution in [0.5, 0.6) is 0 Å². The summed E-state index contributed by atoms with van der Waals surface area (Å²) in [6.45, 7) is 1.05. The number of likely N-dealkylation sites (N-methyl/N-ethyl adjacent to an activating group) is 1. The zero-order valence-electron chi connectivity index (χ0n) is 12.8. The number of nitrogens with zero attached hydrogens (tertiary/aromatic N) is 1. The number of benzene rings is 1. The largest absolute Gasteiger partial charge is 0.361 e. The van der Waals surface area contributed by atoms with E-state index in [1.165, 1.54) is 22.0 Å². The molecule has 0 spiro atoms. The molecule has 1 atom stereocenters. The minimum Gasteiger partial charge on any atom is -0.361 e. The standard InChI is InChI=1S/C17H23N3O/c1-20(2)8-7-13-11-18-16-5-3-12(10-15(13)16)9-14-4-6-17(21)19-14/h3,5,10-11,14,18H,4,6-9H2,1-2H3,(H,19,21). The maximum atomic E-state index is 11.3. The van der Waals surface area contributed by atoms with Gasteiger partial charge in [0.25, 0.3) is 0 Å². The van der Waals surface area contributed by atoms with Gasteiger partial charge in [0.2, 0.25) is 5.91 Å². The lowest BCUT2D eigenvalue weighted by molar-refractivity contribution is -0.119. The Labute approximate surface area is 125 Å². The molecule has 1 fully saturated rings.